The van der Waals surface area contributed by atoms with Crippen LogP contribution in [0.3, 0.4) is 0 Å². The van der Waals surface area contributed by atoms with Gasteiger partial charge in [-0.05, 0) is 29.8 Å². The van der Waals surface area contributed by atoms with Crippen molar-refractivity contribution in [3.8, 4) is 0 Å². The standard InChI is InChI=1S/C21H20N2.ClH/c1-23(17-18-11-5-2-6-12-18)21(19-13-7-3-8-14-19)22-20-15-9-4-10-16-20;/h2-16H,17H2,1H3;1H. The van der Waals surface area contributed by atoms with Gasteiger partial charge in [-0.2, -0.15) is 0 Å². The van der Waals surface area contributed by atoms with Crippen molar-refractivity contribution in [1.29, 1.82) is 0 Å². The fourth-order valence-electron chi connectivity index (χ4n) is 2.58. The van der Waals surface area contributed by atoms with Crippen LogP contribution in [0.1, 0.15) is 11.1 Å². The maximum Gasteiger partial charge on any atom is 0.282 e. The molecule has 3 heteroatoms. The van der Waals surface area contributed by atoms with E-state index in [1.54, 1.807) is 0 Å². The Morgan fingerprint density at radius 3 is 1.83 bits per heavy atom. The minimum atomic E-state index is 0. The number of halogens is 1. The molecule has 0 unspecified atom stereocenters. The topological polar surface area (TPSA) is 15.0 Å². The van der Waals surface area contributed by atoms with Crippen molar-refractivity contribution in [3.05, 3.63) is 102 Å². The molecule has 2 nitrogen and oxygen atoms in total. The molecule has 0 amide bonds. The summed E-state index contributed by atoms with van der Waals surface area (Å²) >= 11 is 0. The lowest BCUT2D eigenvalue weighted by Gasteiger charge is -2.10. The van der Waals surface area contributed by atoms with Crippen LogP contribution in [0.5, 0.6) is 0 Å². The first-order valence-electron chi connectivity index (χ1n) is 7.82. The van der Waals surface area contributed by atoms with Crippen molar-refractivity contribution >= 4 is 11.5 Å². The van der Waals surface area contributed by atoms with Crippen molar-refractivity contribution in [3.63, 3.8) is 0 Å². The first kappa shape index (κ1) is 17.8. The molecule has 122 valence electrons. The summed E-state index contributed by atoms with van der Waals surface area (Å²) in [5.74, 6) is 1.10. The molecular weight excluding hydrogens is 316 g/mol. The summed E-state index contributed by atoms with van der Waals surface area (Å²) in [4.78, 5) is 0. The van der Waals surface area contributed by atoms with Gasteiger partial charge in [0.15, 0.2) is 0 Å². The molecule has 3 aromatic carbocycles. The lowest BCUT2D eigenvalue weighted by Crippen LogP contribution is -3.00. The van der Waals surface area contributed by atoms with Crippen LogP contribution < -0.4 is 17.7 Å². The summed E-state index contributed by atoms with van der Waals surface area (Å²) in [6, 6.07) is 31.2. The normalized spacial score (nSPS) is 11.2. The molecule has 24 heavy (non-hydrogen) atoms. The Morgan fingerprint density at radius 2 is 1.25 bits per heavy atom. The molecule has 0 aliphatic carbocycles. The third-order valence-corrected chi connectivity index (χ3v) is 3.73. The van der Waals surface area contributed by atoms with Gasteiger partial charge in [-0.3, -0.25) is 4.58 Å². The van der Waals surface area contributed by atoms with Crippen molar-refractivity contribution < 1.29 is 17.0 Å². The zero-order valence-electron chi connectivity index (χ0n) is 13.7. The van der Waals surface area contributed by atoms with Crippen molar-refractivity contribution in [2.45, 2.75) is 6.54 Å². The molecule has 0 aromatic heterocycles. The quantitative estimate of drug-likeness (QED) is 0.432. The number of amidine groups is 1. The predicted molar refractivity (Wildman–Crippen MR) is 96.9 cm³/mol. The van der Waals surface area contributed by atoms with Crippen LogP contribution in [0.4, 0.5) is 5.69 Å². The minimum absolute atomic E-state index is 0. The van der Waals surface area contributed by atoms with Gasteiger partial charge in [-0.1, -0.05) is 66.7 Å². The second-order valence-corrected chi connectivity index (χ2v) is 5.55. The van der Waals surface area contributed by atoms with E-state index in [0.29, 0.717) is 0 Å². The van der Waals surface area contributed by atoms with E-state index in [1.807, 2.05) is 30.3 Å². The molecule has 3 rings (SSSR count). The third-order valence-electron chi connectivity index (χ3n) is 3.73. The van der Waals surface area contributed by atoms with Gasteiger partial charge >= 0.3 is 0 Å². The lowest BCUT2D eigenvalue weighted by molar-refractivity contribution is -0.513. The van der Waals surface area contributed by atoms with Gasteiger partial charge in [0, 0.05) is 0 Å². The molecule has 0 aliphatic heterocycles. The number of benzene rings is 3. The second kappa shape index (κ2) is 8.90. The Morgan fingerprint density at radius 1 is 0.750 bits per heavy atom. The summed E-state index contributed by atoms with van der Waals surface area (Å²) in [5, 5.41) is 3.56. The van der Waals surface area contributed by atoms with Gasteiger partial charge in [0.05, 0.1) is 12.6 Å². The highest BCUT2D eigenvalue weighted by Crippen LogP contribution is 2.10. The maximum absolute atomic E-state index is 3.56. The van der Waals surface area contributed by atoms with Crippen LogP contribution in [0.25, 0.3) is 0 Å². The van der Waals surface area contributed by atoms with Gasteiger partial charge < -0.3 is 12.4 Å². The number of anilines is 1. The van der Waals surface area contributed by atoms with E-state index < -0.39 is 0 Å². The summed E-state index contributed by atoms with van der Waals surface area (Å²) in [6.07, 6.45) is 0. The molecule has 1 N–H and O–H groups in total. The summed E-state index contributed by atoms with van der Waals surface area (Å²) < 4.78 is 2.25. The van der Waals surface area contributed by atoms with Crippen LogP contribution in [-0.2, 0) is 6.54 Å². The molecule has 0 saturated carbocycles. The average molecular weight is 337 g/mol. The Bertz CT molecular complexity index is 769. The first-order valence-corrected chi connectivity index (χ1v) is 7.82. The van der Waals surface area contributed by atoms with Gasteiger partial charge in [0.25, 0.3) is 5.84 Å². The summed E-state index contributed by atoms with van der Waals surface area (Å²) in [7, 11) is 2.12. The molecule has 3 aromatic rings. The van der Waals surface area contributed by atoms with E-state index in [9.17, 15) is 0 Å². The maximum atomic E-state index is 3.56. The smallest absolute Gasteiger partial charge is 0.282 e. The minimum Gasteiger partial charge on any atom is -1.00 e. The van der Waals surface area contributed by atoms with Crippen molar-refractivity contribution in [1.82, 2.24) is 0 Å². The van der Waals surface area contributed by atoms with E-state index in [-0.39, 0.29) is 12.4 Å². The average Bonchev–Trinajstić information content (AvgIpc) is 2.62. The van der Waals surface area contributed by atoms with Gasteiger partial charge in [-0.25, -0.2) is 5.32 Å². The predicted octanol–water partition coefficient (Wildman–Crippen LogP) is 1.39. The molecule has 0 radical (unpaired) electrons. The van der Waals surface area contributed by atoms with Crippen LogP contribution >= 0.6 is 0 Å². The lowest BCUT2D eigenvalue weighted by atomic mass is 10.1. The number of nitrogens with zero attached hydrogens (tertiary/aromatic N) is 1. The zero-order valence-corrected chi connectivity index (χ0v) is 14.4. The molecule has 0 bridgehead atoms. The first-order chi connectivity index (χ1) is 11.3. The largest absolute Gasteiger partial charge is 1.00 e. The number of hydrogen-bond acceptors (Lipinski definition) is 0. The van der Waals surface area contributed by atoms with Gasteiger partial charge in [-0.15, -0.1) is 0 Å². The highest BCUT2D eigenvalue weighted by atomic mass is 35.5. The van der Waals surface area contributed by atoms with Crippen molar-refractivity contribution in [2.24, 2.45) is 0 Å². The van der Waals surface area contributed by atoms with Crippen LogP contribution in [0.2, 0.25) is 0 Å². The third kappa shape index (κ3) is 4.71. The molecular formula is C21H21ClN2. The van der Waals surface area contributed by atoms with Crippen LogP contribution in [0, 0.1) is 0 Å². The molecule has 0 aliphatic rings. The Labute approximate surface area is 149 Å². The van der Waals surface area contributed by atoms with E-state index in [4.69, 9.17) is 0 Å². The van der Waals surface area contributed by atoms with Crippen LogP contribution in [-0.4, -0.2) is 17.5 Å². The number of rotatable bonds is 4. The Balaban J connectivity index is 0.00000208. The zero-order chi connectivity index (χ0) is 15.9. The highest BCUT2D eigenvalue weighted by molar-refractivity contribution is 6.04. The molecule has 0 saturated heterocycles. The molecule has 0 atom stereocenters. The van der Waals surface area contributed by atoms with E-state index >= 15 is 0 Å². The number of nitrogens with one attached hydrogen (secondary N) is 1. The second-order valence-electron chi connectivity index (χ2n) is 5.55. The van der Waals surface area contributed by atoms with E-state index in [2.05, 4.69) is 77.6 Å². The summed E-state index contributed by atoms with van der Waals surface area (Å²) in [5.41, 5.74) is 3.55. The fourth-order valence-corrected chi connectivity index (χ4v) is 2.58. The van der Waals surface area contributed by atoms with Crippen LogP contribution in [0.15, 0.2) is 91.0 Å². The Kier molecular flexibility index (Phi) is 6.59. The Hall–Kier alpha value is -2.58. The molecule has 0 heterocycles. The number of para-hydroxylation sites is 1. The number of hydrogen-bond donors (Lipinski definition) is 1. The fraction of sp³-hybridized carbons (Fsp3) is 0.0952. The van der Waals surface area contributed by atoms with Gasteiger partial charge in [0.1, 0.15) is 12.2 Å². The monoisotopic (exact) mass is 336 g/mol. The summed E-state index contributed by atoms with van der Waals surface area (Å²) in [6.45, 7) is 0.852. The van der Waals surface area contributed by atoms with E-state index in [1.165, 1.54) is 11.1 Å². The highest BCUT2D eigenvalue weighted by Gasteiger charge is 2.14. The van der Waals surface area contributed by atoms with Gasteiger partial charge in [0.2, 0.25) is 0 Å². The van der Waals surface area contributed by atoms with E-state index in [0.717, 1.165) is 18.1 Å². The van der Waals surface area contributed by atoms with Crippen molar-refractivity contribution in [2.75, 3.05) is 12.4 Å². The molecule has 0 spiro atoms. The molecule has 0 fully saturated rings. The SMILES string of the molecule is C[N+](Cc1ccccc1)=C(Nc1ccccc1)c1ccccc1.[Cl-].